The average Bonchev–Trinajstić information content (AvgIpc) is 2.65. The molecule has 1 aromatic rings. The van der Waals surface area contributed by atoms with Crippen molar-refractivity contribution in [2.24, 2.45) is 0 Å². The number of carbonyl (C=O) groups is 1. The first-order chi connectivity index (χ1) is 9.74. The summed E-state index contributed by atoms with van der Waals surface area (Å²) in [7, 11) is -2.24. The summed E-state index contributed by atoms with van der Waals surface area (Å²) in [6.45, 7) is 7.05. The molecule has 0 aromatic carbocycles. The topological polar surface area (TPSA) is 97.5 Å². The van der Waals surface area contributed by atoms with E-state index in [4.69, 9.17) is 9.47 Å². The molecule has 2 N–H and O–H groups in total. The van der Waals surface area contributed by atoms with Crippen LogP contribution in [-0.4, -0.2) is 45.7 Å². The second-order valence-corrected chi connectivity index (χ2v) is 6.43. The number of rotatable bonds is 7. The molecular weight excluding hydrogens is 296 g/mol. The number of H-pyrrole nitrogens is 1. The van der Waals surface area contributed by atoms with Crippen molar-refractivity contribution in [2.75, 3.05) is 20.3 Å². The van der Waals surface area contributed by atoms with Gasteiger partial charge in [-0.05, 0) is 27.7 Å². The molecule has 0 saturated carbocycles. The Bertz CT molecular complexity index is 606. The highest BCUT2D eigenvalue weighted by Gasteiger charge is 2.28. The van der Waals surface area contributed by atoms with Gasteiger partial charge in [0.15, 0.2) is 0 Å². The van der Waals surface area contributed by atoms with Gasteiger partial charge in [-0.25, -0.2) is 17.9 Å². The minimum Gasteiger partial charge on any atom is -0.461 e. The van der Waals surface area contributed by atoms with Gasteiger partial charge in [0.05, 0.1) is 13.2 Å². The van der Waals surface area contributed by atoms with Crippen molar-refractivity contribution >= 4 is 16.0 Å². The Balaban J connectivity index is 3.16. The number of aromatic amines is 1. The van der Waals surface area contributed by atoms with Gasteiger partial charge in [-0.1, -0.05) is 0 Å². The molecule has 0 aliphatic heterocycles. The van der Waals surface area contributed by atoms with Crippen molar-refractivity contribution in [3.63, 3.8) is 0 Å². The predicted molar refractivity (Wildman–Crippen MR) is 77.9 cm³/mol. The number of aryl methyl sites for hydroxylation is 1. The number of esters is 1. The van der Waals surface area contributed by atoms with Crippen LogP contribution in [0.15, 0.2) is 4.90 Å². The molecule has 1 aromatic heterocycles. The molecule has 1 atom stereocenters. The highest BCUT2D eigenvalue weighted by atomic mass is 32.2. The predicted octanol–water partition coefficient (Wildman–Crippen LogP) is 1.12. The minimum absolute atomic E-state index is 0.0773. The fourth-order valence-electron chi connectivity index (χ4n) is 2.15. The van der Waals surface area contributed by atoms with Gasteiger partial charge in [0.2, 0.25) is 10.0 Å². The quantitative estimate of drug-likeness (QED) is 0.734. The highest BCUT2D eigenvalue weighted by molar-refractivity contribution is 7.89. The molecule has 21 heavy (non-hydrogen) atoms. The Kier molecular flexibility index (Phi) is 5.94. The van der Waals surface area contributed by atoms with E-state index < -0.39 is 16.0 Å². The molecule has 120 valence electrons. The van der Waals surface area contributed by atoms with Crippen LogP contribution in [0.4, 0.5) is 0 Å². The van der Waals surface area contributed by atoms with Crippen LogP contribution >= 0.6 is 0 Å². The third kappa shape index (κ3) is 4.05. The van der Waals surface area contributed by atoms with E-state index in [2.05, 4.69) is 9.71 Å². The van der Waals surface area contributed by atoms with Crippen LogP contribution in [0.2, 0.25) is 0 Å². The van der Waals surface area contributed by atoms with Gasteiger partial charge in [0, 0.05) is 24.4 Å². The zero-order valence-corrected chi connectivity index (χ0v) is 13.8. The van der Waals surface area contributed by atoms with Crippen molar-refractivity contribution in [3.05, 3.63) is 17.0 Å². The van der Waals surface area contributed by atoms with Crippen molar-refractivity contribution in [3.8, 4) is 0 Å². The normalized spacial score (nSPS) is 13.2. The molecule has 0 saturated heterocycles. The van der Waals surface area contributed by atoms with Crippen LogP contribution in [0, 0.1) is 13.8 Å². The second-order valence-electron chi connectivity index (χ2n) is 4.78. The molecular formula is C13H22N2O5S. The first kappa shape index (κ1) is 17.7. The van der Waals surface area contributed by atoms with Crippen LogP contribution in [-0.2, 0) is 19.5 Å². The molecule has 0 aliphatic rings. The fourth-order valence-corrected chi connectivity index (χ4v) is 3.83. The van der Waals surface area contributed by atoms with Gasteiger partial charge in [0.1, 0.15) is 10.6 Å². The van der Waals surface area contributed by atoms with E-state index in [0.29, 0.717) is 11.3 Å². The summed E-state index contributed by atoms with van der Waals surface area (Å²) in [5, 5.41) is 0. The second kappa shape index (κ2) is 7.06. The van der Waals surface area contributed by atoms with E-state index in [1.54, 1.807) is 27.7 Å². The zero-order chi connectivity index (χ0) is 16.2. The summed E-state index contributed by atoms with van der Waals surface area (Å²) < 4.78 is 37.2. The van der Waals surface area contributed by atoms with E-state index in [-0.39, 0.29) is 29.8 Å². The summed E-state index contributed by atoms with van der Waals surface area (Å²) >= 11 is 0. The average molecular weight is 318 g/mol. The Morgan fingerprint density at radius 1 is 1.38 bits per heavy atom. The van der Waals surface area contributed by atoms with Gasteiger partial charge in [-0.2, -0.15) is 0 Å². The molecule has 0 amide bonds. The maximum atomic E-state index is 12.4. The van der Waals surface area contributed by atoms with Crippen LogP contribution in [0.25, 0.3) is 0 Å². The van der Waals surface area contributed by atoms with E-state index in [1.165, 1.54) is 7.11 Å². The maximum absolute atomic E-state index is 12.4. The van der Waals surface area contributed by atoms with Crippen LogP contribution in [0.5, 0.6) is 0 Å². The van der Waals surface area contributed by atoms with Crippen molar-refractivity contribution in [2.45, 2.75) is 38.6 Å². The molecule has 1 heterocycles. The van der Waals surface area contributed by atoms with Gasteiger partial charge in [0.25, 0.3) is 0 Å². The molecule has 0 radical (unpaired) electrons. The number of sulfonamides is 1. The summed E-state index contributed by atoms with van der Waals surface area (Å²) in [4.78, 5) is 14.7. The van der Waals surface area contributed by atoms with E-state index in [0.717, 1.165) is 0 Å². The summed E-state index contributed by atoms with van der Waals surface area (Å²) in [6.07, 6.45) is 0. The lowest BCUT2D eigenvalue weighted by Crippen LogP contribution is -2.36. The Morgan fingerprint density at radius 3 is 2.52 bits per heavy atom. The molecule has 0 aliphatic carbocycles. The fraction of sp³-hybridized carbons (Fsp3) is 0.615. The number of hydrogen-bond donors (Lipinski definition) is 2. The number of nitrogens with one attached hydrogen (secondary N) is 2. The monoisotopic (exact) mass is 318 g/mol. The van der Waals surface area contributed by atoms with Crippen LogP contribution in [0.1, 0.15) is 35.6 Å². The number of aromatic nitrogens is 1. The van der Waals surface area contributed by atoms with E-state index >= 15 is 0 Å². The van der Waals surface area contributed by atoms with Crippen molar-refractivity contribution < 1.29 is 22.7 Å². The highest BCUT2D eigenvalue weighted by Crippen LogP contribution is 2.23. The first-order valence-corrected chi connectivity index (χ1v) is 8.10. The summed E-state index contributed by atoms with van der Waals surface area (Å²) in [5.74, 6) is -0.565. The van der Waals surface area contributed by atoms with Crippen molar-refractivity contribution in [1.29, 1.82) is 0 Å². The standard InChI is InChI=1S/C13H22N2O5S/c1-6-20-13(16)11-9(3)12(10(4)14-11)21(17,18)15-8(2)7-19-5/h8,14-15H,6-7H2,1-5H3. The summed E-state index contributed by atoms with van der Waals surface area (Å²) in [5.41, 5.74) is 0.907. The van der Waals surface area contributed by atoms with Gasteiger partial charge >= 0.3 is 5.97 Å². The lowest BCUT2D eigenvalue weighted by atomic mass is 10.2. The lowest BCUT2D eigenvalue weighted by molar-refractivity contribution is 0.0519. The molecule has 8 heteroatoms. The molecule has 7 nitrogen and oxygen atoms in total. The SMILES string of the molecule is CCOC(=O)c1[nH]c(C)c(S(=O)(=O)NC(C)COC)c1C. The Labute approximate surface area is 125 Å². The van der Waals surface area contributed by atoms with Gasteiger partial charge in [-0.15, -0.1) is 0 Å². The largest absolute Gasteiger partial charge is 0.461 e. The Hall–Kier alpha value is -1.38. The van der Waals surface area contributed by atoms with Gasteiger partial charge in [-0.3, -0.25) is 0 Å². The molecule has 0 fully saturated rings. The number of ether oxygens (including phenoxy) is 2. The lowest BCUT2D eigenvalue weighted by Gasteiger charge is -2.13. The van der Waals surface area contributed by atoms with Crippen LogP contribution < -0.4 is 4.72 Å². The third-order valence-corrected chi connectivity index (χ3v) is 4.75. The van der Waals surface area contributed by atoms with E-state index in [9.17, 15) is 13.2 Å². The smallest absolute Gasteiger partial charge is 0.355 e. The summed E-state index contributed by atoms with van der Waals surface area (Å²) in [6, 6.07) is -0.375. The third-order valence-electron chi connectivity index (χ3n) is 2.89. The number of carbonyl (C=O) groups excluding carboxylic acids is 1. The van der Waals surface area contributed by atoms with Crippen LogP contribution in [0.3, 0.4) is 0 Å². The molecule has 0 bridgehead atoms. The molecule has 1 rings (SSSR count). The number of hydrogen-bond acceptors (Lipinski definition) is 5. The Morgan fingerprint density at radius 2 is 2.00 bits per heavy atom. The van der Waals surface area contributed by atoms with E-state index in [1.807, 2.05) is 0 Å². The number of methoxy groups -OCH3 is 1. The van der Waals surface area contributed by atoms with Gasteiger partial charge < -0.3 is 14.5 Å². The van der Waals surface area contributed by atoms with Crippen molar-refractivity contribution in [1.82, 2.24) is 9.71 Å². The maximum Gasteiger partial charge on any atom is 0.355 e. The zero-order valence-electron chi connectivity index (χ0n) is 12.9. The first-order valence-electron chi connectivity index (χ1n) is 6.62. The minimum atomic E-state index is -3.74. The molecule has 0 spiro atoms. The molecule has 1 unspecified atom stereocenters.